The molecule has 0 radical (unpaired) electrons. The average molecular weight is 325 g/mol. The van der Waals surface area contributed by atoms with Gasteiger partial charge in [-0.2, -0.15) is 0 Å². The Balaban J connectivity index is 1.89. The fourth-order valence-electron chi connectivity index (χ4n) is 2.47. The molecule has 0 spiro atoms. The van der Waals surface area contributed by atoms with Gasteiger partial charge in [-0.05, 0) is 49.2 Å². The van der Waals surface area contributed by atoms with Crippen molar-refractivity contribution in [1.29, 1.82) is 0 Å². The van der Waals surface area contributed by atoms with Gasteiger partial charge in [0.1, 0.15) is 17.2 Å². The monoisotopic (exact) mass is 325 g/mol. The minimum atomic E-state index is -0.359. The zero-order valence-corrected chi connectivity index (χ0v) is 13.3. The van der Waals surface area contributed by atoms with Gasteiger partial charge in [0.15, 0.2) is 0 Å². The van der Waals surface area contributed by atoms with Gasteiger partial charge in [-0.25, -0.2) is 9.37 Å². The van der Waals surface area contributed by atoms with Crippen LogP contribution >= 0.6 is 0 Å². The van der Waals surface area contributed by atoms with Crippen LogP contribution < -0.4 is 10.9 Å². The lowest BCUT2D eigenvalue weighted by Crippen LogP contribution is -2.25. The Morgan fingerprint density at radius 3 is 2.62 bits per heavy atom. The zero-order chi connectivity index (χ0) is 17.3. The normalized spacial score (nSPS) is 10.8. The molecule has 0 saturated heterocycles. The lowest BCUT2D eigenvalue weighted by molar-refractivity contribution is -0.115. The number of benzene rings is 1. The molecule has 0 unspecified atom stereocenters. The molecule has 3 rings (SSSR count). The molecule has 1 amide bonds. The molecule has 0 aliphatic heterocycles. The third-order valence-electron chi connectivity index (χ3n) is 3.71. The van der Waals surface area contributed by atoms with Crippen LogP contribution in [0.4, 0.5) is 10.1 Å². The van der Waals surface area contributed by atoms with Crippen molar-refractivity contribution in [2.24, 2.45) is 0 Å². The Bertz CT molecular complexity index is 978. The molecule has 6 heteroatoms. The number of fused-ring (bicyclic) bond motifs is 1. The van der Waals surface area contributed by atoms with Gasteiger partial charge in [-0.3, -0.25) is 14.0 Å². The van der Waals surface area contributed by atoms with E-state index in [-0.39, 0.29) is 29.4 Å². The number of pyridine rings is 1. The number of carbonyl (C=O) groups is 1. The number of carbonyl (C=O) groups excluding carboxylic acids is 1. The highest BCUT2D eigenvalue weighted by atomic mass is 19.1. The van der Waals surface area contributed by atoms with Gasteiger partial charge in [0.05, 0.1) is 12.1 Å². The summed E-state index contributed by atoms with van der Waals surface area (Å²) in [6.45, 7) is 3.59. The summed E-state index contributed by atoms with van der Waals surface area (Å²) < 4.78 is 14.3. The van der Waals surface area contributed by atoms with Crippen molar-refractivity contribution in [3.05, 3.63) is 75.6 Å². The summed E-state index contributed by atoms with van der Waals surface area (Å²) in [5.74, 6) is -0.710. The van der Waals surface area contributed by atoms with Gasteiger partial charge in [-0.1, -0.05) is 12.1 Å². The highest BCUT2D eigenvalue weighted by Crippen LogP contribution is 2.11. The third kappa shape index (κ3) is 3.17. The van der Waals surface area contributed by atoms with E-state index in [4.69, 9.17) is 0 Å². The fourth-order valence-corrected chi connectivity index (χ4v) is 2.47. The second-order valence-electron chi connectivity index (χ2n) is 5.66. The number of amides is 1. The number of hydrogen-bond donors (Lipinski definition) is 1. The second-order valence-corrected chi connectivity index (χ2v) is 5.66. The molecule has 0 aliphatic carbocycles. The number of rotatable bonds is 3. The summed E-state index contributed by atoms with van der Waals surface area (Å²) >= 11 is 0. The molecule has 1 N–H and O–H groups in total. The summed E-state index contributed by atoms with van der Waals surface area (Å²) in [6.07, 6.45) is 1.69. The Morgan fingerprint density at radius 1 is 1.21 bits per heavy atom. The molecule has 2 heterocycles. The molecular formula is C18H16FN3O2. The number of nitrogens with zero attached hydrogens (tertiary/aromatic N) is 2. The maximum atomic E-state index is 12.9. The lowest BCUT2D eigenvalue weighted by Gasteiger charge is -2.10. The van der Waals surface area contributed by atoms with Crippen molar-refractivity contribution < 1.29 is 9.18 Å². The summed E-state index contributed by atoms with van der Waals surface area (Å²) in [7, 11) is 0. The van der Waals surface area contributed by atoms with Gasteiger partial charge in [0.25, 0.3) is 5.56 Å². The Morgan fingerprint density at radius 2 is 1.92 bits per heavy atom. The van der Waals surface area contributed by atoms with E-state index < -0.39 is 0 Å². The molecule has 24 heavy (non-hydrogen) atoms. The summed E-state index contributed by atoms with van der Waals surface area (Å²) in [5.41, 5.74) is 2.48. The standard InChI is InChI=1S/C18H16FN3O2/c1-11-7-8-22-15(9-11)20-12(2)17(18(22)24)21-16(23)10-13-3-5-14(19)6-4-13/h3-9H,10H2,1-2H3,(H,21,23). The first-order chi connectivity index (χ1) is 11.4. The first kappa shape index (κ1) is 15.9. The highest BCUT2D eigenvalue weighted by Gasteiger charge is 2.13. The zero-order valence-electron chi connectivity index (χ0n) is 13.3. The van der Waals surface area contributed by atoms with Gasteiger partial charge < -0.3 is 5.32 Å². The lowest BCUT2D eigenvalue weighted by atomic mass is 10.1. The summed E-state index contributed by atoms with van der Waals surface area (Å²) in [4.78, 5) is 29.1. The van der Waals surface area contributed by atoms with Gasteiger partial charge in [-0.15, -0.1) is 0 Å². The Hall–Kier alpha value is -3.02. The predicted molar refractivity (Wildman–Crippen MR) is 89.7 cm³/mol. The first-order valence-electron chi connectivity index (χ1n) is 7.48. The van der Waals surface area contributed by atoms with Crippen molar-refractivity contribution in [3.63, 3.8) is 0 Å². The Labute approximate surface area is 137 Å². The average Bonchev–Trinajstić information content (AvgIpc) is 2.53. The molecule has 122 valence electrons. The van der Waals surface area contributed by atoms with Crippen LogP contribution in [0.1, 0.15) is 16.8 Å². The minimum Gasteiger partial charge on any atom is -0.320 e. The van der Waals surface area contributed by atoms with Crippen LogP contribution in [0.25, 0.3) is 5.65 Å². The van der Waals surface area contributed by atoms with Crippen molar-refractivity contribution in [2.45, 2.75) is 20.3 Å². The van der Waals surface area contributed by atoms with Crippen LogP contribution in [-0.2, 0) is 11.2 Å². The van der Waals surface area contributed by atoms with E-state index in [1.165, 1.54) is 28.7 Å². The summed E-state index contributed by atoms with van der Waals surface area (Å²) in [5, 5.41) is 2.62. The van der Waals surface area contributed by atoms with E-state index in [2.05, 4.69) is 10.3 Å². The largest absolute Gasteiger partial charge is 0.320 e. The van der Waals surface area contributed by atoms with Crippen LogP contribution in [0, 0.1) is 19.7 Å². The fraction of sp³-hybridized carbons (Fsp3) is 0.167. The maximum Gasteiger partial charge on any atom is 0.281 e. The first-order valence-corrected chi connectivity index (χ1v) is 7.48. The molecule has 3 aromatic rings. The van der Waals surface area contributed by atoms with Crippen LogP contribution in [-0.4, -0.2) is 15.3 Å². The highest BCUT2D eigenvalue weighted by molar-refractivity contribution is 5.92. The van der Waals surface area contributed by atoms with Gasteiger partial charge >= 0.3 is 0 Å². The minimum absolute atomic E-state index is 0.0514. The molecular weight excluding hydrogens is 309 g/mol. The summed E-state index contributed by atoms with van der Waals surface area (Å²) in [6, 6.07) is 9.27. The van der Waals surface area contributed by atoms with Crippen molar-refractivity contribution in [2.75, 3.05) is 5.32 Å². The number of aryl methyl sites for hydroxylation is 2. The number of nitrogens with one attached hydrogen (secondary N) is 1. The Kier molecular flexibility index (Phi) is 4.12. The molecule has 2 aromatic heterocycles. The van der Waals surface area contributed by atoms with Crippen molar-refractivity contribution in [1.82, 2.24) is 9.38 Å². The van der Waals surface area contributed by atoms with E-state index >= 15 is 0 Å². The smallest absolute Gasteiger partial charge is 0.281 e. The van der Waals surface area contributed by atoms with Crippen LogP contribution in [0.5, 0.6) is 0 Å². The van der Waals surface area contributed by atoms with E-state index in [1.54, 1.807) is 25.3 Å². The van der Waals surface area contributed by atoms with E-state index in [1.807, 2.05) is 6.92 Å². The van der Waals surface area contributed by atoms with Crippen molar-refractivity contribution in [3.8, 4) is 0 Å². The third-order valence-corrected chi connectivity index (χ3v) is 3.71. The molecule has 0 aliphatic rings. The second kappa shape index (κ2) is 6.23. The molecule has 1 aromatic carbocycles. The quantitative estimate of drug-likeness (QED) is 0.805. The molecule has 0 atom stereocenters. The van der Waals surface area contributed by atoms with Crippen molar-refractivity contribution >= 4 is 17.2 Å². The number of anilines is 1. The number of hydrogen-bond acceptors (Lipinski definition) is 3. The van der Waals surface area contributed by atoms with Crippen LogP contribution in [0.2, 0.25) is 0 Å². The van der Waals surface area contributed by atoms with E-state index in [0.717, 1.165) is 5.56 Å². The molecule has 0 saturated carbocycles. The van der Waals surface area contributed by atoms with Gasteiger partial charge in [0.2, 0.25) is 5.91 Å². The van der Waals surface area contributed by atoms with E-state index in [9.17, 15) is 14.0 Å². The molecule has 5 nitrogen and oxygen atoms in total. The number of halogens is 1. The molecule has 0 fully saturated rings. The van der Waals surface area contributed by atoms with E-state index in [0.29, 0.717) is 16.9 Å². The van der Waals surface area contributed by atoms with Crippen LogP contribution in [0.3, 0.4) is 0 Å². The topological polar surface area (TPSA) is 63.5 Å². The maximum absolute atomic E-state index is 12.9. The van der Waals surface area contributed by atoms with Crippen LogP contribution in [0.15, 0.2) is 47.4 Å². The van der Waals surface area contributed by atoms with Gasteiger partial charge in [0, 0.05) is 6.20 Å². The predicted octanol–water partition coefficient (Wildman–Crippen LogP) is 2.63. The molecule has 0 bridgehead atoms. The number of aromatic nitrogens is 2. The SMILES string of the molecule is Cc1ccn2c(=O)c(NC(=O)Cc3ccc(F)cc3)c(C)nc2c1.